The zero-order valence-electron chi connectivity index (χ0n) is 14.7. The number of carbonyl (C=O) groups excluding carboxylic acids is 4. The van der Waals surface area contributed by atoms with E-state index in [1.807, 2.05) is 0 Å². The van der Waals surface area contributed by atoms with Gasteiger partial charge >= 0.3 is 11.9 Å². The van der Waals surface area contributed by atoms with Gasteiger partial charge in [0.05, 0.1) is 20.6 Å². The Kier molecular flexibility index (Phi) is 8.20. The molecule has 2 amide bonds. The highest BCUT2D eigenvalue weighted by atomic mass is 19.1. The van der Waals surface area contributed by atoms with Crippen LogP contribution in [0, 0.1) is 5.82 Å². The lowest BCUT2D eigenvalue weighted by Crippen LogP contribution is -2.52. The number of halogens is 1. The molecular weight excluding hydrogens is 347 g/mol. The van der Waals surface area contributed by atoms with Crippen LogP contribution in [0.15, 0.2) is 24.3 Å². The first-order chi connectivity index (χ1) is 12.3. The quantitative estimate of drug-likeness (QED) is 0.630. The Balaban J connectivity index is 2.93. The van der Waals surface area contributed by atoms with Crippen LogP contribution < -0.4 is 10.6 Å². The molecule has 0 saturated heterocycles. The average molecular weight is 368 g/mol. The molecule has 0 aliphatic rings. The first-order valence-electron chi connectivity index (χ1n) is 7.73. The molecule has 2 N–H and O–H groups in total. The van der Waals surface area contributed by atoms with Crippen molar-refractivity contribution in [3.63, 3.8) is 0 Å². The lowest BCUT2D eigenvalue weighted by molar-refractivity contribution is -0.151. The van der Waals surface area contributed by atoms with Gasteiger partial charge in [0.2, 0.25) is 11.8 Å². The fourth-order valence-corrected chi connectivity index (χ4v) is 2.21. The summed E-state index contributed by atoms with van der Waals surface area (Å²) in [6, 6.07) is 3.21. The van der Waals surface area contributed by atoms with Crippen LogP contribution in [-0.4, -0.2) is 50.1 Å². The molecule has 8 nitrogen and oxygen atoms in total. The third-order valence-corrected chi connectivity index (χ3v) is 3.42. The van der Waals surface area contributed by atoms with Crippen LogP contribution in [0.4, 0.5) is 4.39 Å². The summed E-state index contributed by atoms with van der Waals surface area (Å²) in [4.78, 5) is 47.0. The zero-order valence-corrected chi connectivity index (χ0v) is 14.7. The third kappa shape index (κ3) is 6.88. The zero-order chi connectivity index (χ0) is 19.7. The molecule has 0 spiro atoms. The Labute approximate surface area is 150 Å². The number of amides is 2. The summed E-state index contributed by atoms with van der Waals surface area (Å²) in [6.07, 6.45) is -0.434. The fraction of sp³-hybridized carbons (Fsp3) is 0.412. The number of hydrogen-bond donors (Lipinski definition) is 2. The van der Waals surface area contributed by atoms with Crippen LogP contribution in [0.3, 0.4) is 0 Å². The Hall–Kier alpha value is -2.97. The summed E-state index contributed by atoms with van der Waals surface area (Å²) in [5.74, 6) is -3.24. The summed E-state index contributed by atoms with van der Waals surface area (Å²) in [5, 5.41) is 4.79. The number of nitrogens with one attached hydrogen (secondary N) is 2. The van der Waals surface area contributed by atoms with Gasteiger partial charge < -0.3 is 20.1 Å². The number of rotatable bonds is 8. The highest BCUT2D eigenvalue weighted by molar-refractivity contribution is 5.92. The third-order valence-electron chi connectivity index (χ3n) is 3.42. The topological polar surface area (TPSA) is 111 Å². The van der Waals surface area contributed by atoms with Gasteiger partial charge in [0.1, 0.15) is 17.9 Å². The molecule has 1 aromatic rings. The summed E-state index contributed by atoms with van der Waals surface area (Å²) in [6.45, 7) is 1.22. The normalized spacial score (nSPS) is 12.5. The minimum atomic E-state index is -1.27. The van der Waals surface area contributed by atoms with Gasteiger partial charge in [0, 0.05) is 13.3 Å². The van der Waals surface area contributed by atoms with Crippen LogP contribution in [0.5, 0.6) is 0 Å². The lowest BCUT2D eigenvalue weighted by atomic mass is 10.0. The van der Waals surface area contributed by atoms with Crippen molar-refractivity contribution in [2.24, 2.45) is 0 Å². The highest BCUT2D eigenvalue weighted by Gasteiger charge is 2.29. The second-order valence-electron chi connectivity index (χ2n) is 5.45. The maximum Gasteiger partial charge on any atom is 0.328 e. The van der Waals surface area contributed by atoms with Crippen LogP contribution in [0.1, 0.15) is 18.9 Å². The van der Waals surface area contributed by atoms with Crippen molar-refractivity contribution in [1.82, 2.24) is 10.6 Å². The molecule has 1 rings (SSSR count). The molecule has 0 fully saturated rings. The van der Waals surface area contributed by atoms with E-state index in [1.165, 1.54) is 25.1 Å². The number of esters is 2. The number of ether oxygens (including phenoxy) is 2. The average Bonchev–Trinajstić information content (AvgIpc) is 2.59. The Morgan fingerprint density at radius 3 is 2.31 bits per heavy atom. The van der Waals surface area contributed by atoms with E-state index in [1.54, 1.807) is 6.07 Å². The summed E-state index contributed by atoms with van der Waals surface area (Å²) >= 11 is 0. The van der Waals surface area contributed by atoms with Gasteiger partial charge in [-0.3, -0.25) is 14.4 Å². The van der Waals surface area contributed by atoms with Crippen molar-refractivity contribution in [1.29, 1.82) is 0 Å². The minimum Gasteiger partial charge on any atom is -0.469 e. The van der Waals surface area contributed by atoms with Crippen molar-refractivity contribution in [3.8, 4) is 0 Å². The van der Waals surface area contributed by atoms with Crippen LogP contribution in [0.2, 0.25) is 0 Å². The molecule has 0 radical (unpaired) electrons. The maximum absolute atomic E-state index is 13.3. The second kappa shape index (κ2) is 10.1. The van der Waals surface area contributed by atoms with Gasteiger partial charge in [-0.2, -0.15) is 0 Å². The van der Waals surface area contributed by atoms with E-state index in [-0.39, 0.29) is 6.42 Å². The summed E-state index contributed by atoms with van der Waals surface area (Å²) < 4.78 is 22.4. The lowest BCUT2D eigenvalue weighted by Gasteiger charge is -2.21. The van der Waals surface area contributed by atoms with Crippen molar-refractivity contribution in [2.45, 2.75) is 31.8 Å². The van der Waals surface area contributed by atoms with Gasteiger partial charge in [-0.1, -0.05) is 12.1 Å². The van der Waals surface area contributed by atoms with Crippen molar-refractivity contribution >= 4 is 23.8 Å². The number of methoxy groups -OCH3 is 2. The van der Waals surface area contributed by atoms with Crippen molar-refractivity contribution in [3.05, 3.63) is 35.6 Å². The van der Waals surface area contributed by atoms with Crippen LogP contribution in [-0.2, 0) is 35.1 Å². The molecule has 0 heterocycles. The van der Waals surface area contributed by atoms with E-state index in [0.717, 1.165) is 14.2 Å². The van der Waals surface area contributed by atoms with Crippen molar-refractivity contribution in [2.75, 3.05) is 14.2 Å². The van der Waals surface area contributed by atoms with E-state index >= 15 is 0 Å². The molecule has 0 aromatic heterocycles. The number of carbonyl (C=O) groups is 4. The van der Waals surface area contributed by atoms with E-state index in [0.29, 0.717) is 5.56 Å². The van der Waals surface area contributed by atoms with Gasteiger partial charge in [0.25, 0.3) is 0 Å². The predicted octanol–water partition coefficient (Wildman–Crippen LogP) is 0.0938. The van der Waals surface area contributed by atoms with Crippen LogP contribution >= 0.6 is 0 Å². The van der Waals surface area contributed by atoms with Crippen LogP contribution in [0.25, 0.3) is 0 Å². The molecular formula is C17H21FN2O6. The maximum atomic E-state index is 13.3. The molecule has 1 aromatic carbocycles. The Bertz CT molecular complexity index is 679. The molecule has 9 heteroatoms. The number of hydrogen-bond acceptors (Lipinski definition) is 6. The summed E-state index contributed by atoms with van der Waals surface area (Å²) in [5.41, 5.74) is 0.474. The fourth-order valence-electron chi connectivity index (χ4n) is 2.21. The van der Waals surface area contributed by atoms with Gasteiger partial charge in [-0.25, -0.2) is 9.18 Å². The molecule has 0 bridgehead atoms. The molecule has 142 valence electrons. The van der Waals surface area contributed by atoms with E-state index in [9.17, 15) is 23.6 Å². The second-order valence-corrected chi connectivity index (χ2v) is 5.45. The molecule has 0 saturated carbocycles. The smallest absolute Gasteiger partial charge is 0.328 e. The van der Waals surface area contributed by atoms with Gasteiger partial charge in [0.15, 0.2) is 0 Å². The van der Waals surface area contributed by atoms with E-state index in [4.69, 9.17) is 0 Å². The predicted molar refractivity (Wildman–Crippen MR) is 88.3 cm³/mol. The Morgan fingerprint density at radius 2 is 1.77 bits per heavy atom. The van der Waals surface area contributed by atoms with E-state index < -0.39 is 48.1 Å². The molecule has 0 aliphatic heterocycles. The monoisotopic (exact) mass is 368 g/mol. The molecule has 26 heavy (non-hydrogen) atoms. The van der Waals surface area contributed by atoms with E-state index in [2.05, 4.69) is 20.1 Å². The first kappa shape index (κ1) is 21.1. The number of benzene rings is 1. The van der Waals surface area contributed by atoms with Gasteiger partial charge in [-0.05, 0) is 17.7 Å². The van der Waals surface area contributed by atoms with Crippen molar-refractivity contribution < 1.29 is 33.0 Å². The SMILES string of the molecule is COC(=O)C[C@@H](NC(=O)[C@@H](Cc1cccc(F)c1)NC(C)=O)C(=O)OC. The molecule has 0 unspecified atom stereocenters. The standard InChI is InChI=1S/C17H21FN2O6/c1-10(21)19-13(8-11-5-4-6-12(18)7-11)16(23)20-14(17(24)26-3)9-15(22)25-2/h4-7,13-14H,8-9H2,1-3H3,(H,19,21)(H,20,23)/t13-,14-/m1/s1. The summed E-state index contributed by atoms with van der Waals surface area (Å²) in [7, 11) is 2.25. The first-order valence-corrected chi connectivity index (χ1v) is 7.73. The molecule has 2 atom stereocenters. The largest absolute Gasteiger partial charge is 0.469 e. The minimum absolute atomic E-state index is 0.00467. The highest BCUT2D eigenvalue weighted by Crippen LogP contribution is 2.08. The Morgan fingerprint density at radius 1 is 1.08 bits per heavy atom. The van der Waals surface area contributed by atoms with Gasteiger partial charge in [-0.15, -0.1) is 0 Å². The molecule has 0 aliphatic carbocycles.